The van der Waals surface area contributed by atoms with Gasteiger partial charge in [-0.25, -0.2) is 9.79 Å². The van der Waals surface area contributed by atoms with Crippen LogP contribution < -0.4 is 19.6 Å². The summed E-state index contributed by atoms with van der Waals surface area (Å²) in [5.74, 6) is 0.721. The van der Waals surface area contributed by atoms with Crippen molar-refractivity contribution >= 4 is 39.3 Å². The van der Waals surface area contributed by atoms with Crippen LogP contribution in [-0.4, -0.2) is 23.8 Å². The van der Waals surface area contributed by atoms with E-state index in [-0.39, 0.29) is 12.2 Å². The number of aryl methyl sites for hydroxylation is 1. The zero-order valence-corrected chi connectivity index (χ0v) is 23.4. The summed E-state index contributed by atoms with van der Waals surface area (Å²) in [6, 6.07) is 13.0. The number of esters is 1. The Kier molecular flexibility index (Phi) is 7.95. The van der Waals surface area contributed by atoms with Crippen molar-refractivity contribution in [3.8, 4) is 5.75 Å². The number of fused-ring (bicyclic) bond motifs is 1. The first kappa shape index (κ1) is 26.1. The number of hydrogen-bond acceptors (Lipinski definition) is 6. The quantitative estimate of drug-likeness (QED) is 0.380. The van der Waals surface area contributed by atoms with Crippen LogP contribution in [0.1, 0.15) is 50.4 Å². The molecule has 1 aliphatic rings. The molecule has 4 rings (SSSR count). The Balaban J connectivity index is 1.83. The molecule has 6 nitrogen and oxygen atoms in total. The van der Waals surface area contributed by atoms with Gasteiger partial charge < -0.3 is 9.47 Å². The van der Waals surface area contributed by atoms with Crippen LogP contribution >= 0.6 is 27.3 Å². The molecule has 0 saturated heterocycles. The number of aromatic nitrogens is 1. The Morgan fingerprint density at radius 2 is 1.92 bits per heavy atom. The van der Waals surface area contributed by atoms with Crippen LogP contribution in [0.5, 0.6) is 5.75 Å². The summed E-state index contributed by atoms with van der Waals surface area (Å²) in [4.78, 5) is 31.9. The highest BCUT2D eigenvalue weighted by Gasteiger charge is 2.33. The van der Waals surface area contributed by atoms with E-state index in [1.54, 1.807) is 18.4 Å². The predicted molar refractivity (Wildman–Crippen MR) is 146 cm³/mol. The molecule has 1 atom stereocenters. The van der Waals surface area contributed by atoms with E-state index < -0.39 is 12.0 Å². The number of thiazole rings is 1. The molecule has 0 radical (unpaired) electrons. The van der Waals surface area contributed by atoms with Crippen molar-refractivity contribution in [2.24, 2.45) is 10.9 Å². The molecule has 0 spiro atoms. The van der Waals surface area contributed by atoms with Crippen LogP contribution in [0, 0.1) is 12.8 Å². The molecule has 0 aliphatic carbocycles. The summed E-state index contributed by atoms with van der Waals surface area (Å²) in [7, 11) is 0. The van der Waals surface area contributed by atoms with Gasteiger partial charge in [0.05, 0.1) is 39.5 Å². The largest absolute Gasteiger partial charge is 0.492 e. The first-order chi connectivity index (χ1) is 17.2. The highest BCUT2D eigenvalue weighted by atomic mass is 79.9. The minimum atomic E-state index is -0.610. The highest BCUT2D eigenvalue weighted by molar-refractivity contribution is 9.10. The van der Waals surface area contributed by atoms with Crippen molar-refractivity contribution in [1.82, 2.24) is 4.57 Å². The molecule has 188 valence electrons. The van der Waals surface area contributed by atoms with Gasteiger partial charge in [0.2, 0.25) is 0 Å². The number of allylic oxidation sites excluding steroid dienone is 1. The van der Waals surface area contributed by atoms with E-state index in [0.717, 1.165) is 26.9 Å². The van der Waals surface area contributed by atoms with E-state index in [4.69, 9.17) is 9.47 Å². The summed E-state index contributed by atoms with van der Waals surface area (Å²) in [5.41, 5.74) is 3.53. The second-order valence-electron chi connectivity index (χ2n) is 9.11. The Morgan fingerprint density at radius 3 is 2.56 bits per heavy atom. The molecule has 8 heteroatoms. The first-order valence-corrected chi connectivity index (χ1v) is 13.5. The number of rotatable bonds is 7. The van der Waals surface area contributed by atoms with Gasteiger partial charge >= 0.3 is 5.97 Å². The van der Waals surface area contributed by atoms with Gasteiger partial charge in [0.1, 0.15) is 5.75 Å². The Morgan fingerprint density at radius 1 is 1.19 bits per heavy atom. The lowest BCUT2D eigenvalue weighted by atomic mass is 9.95. The first-order valence-electron chi connectivity index (χ1n) is 11.9. The summed E-state index contributed by atoms with van der Waals surface area (Å²) >= 11 is 4.89. The van der Waals surface area contributed by atoms with E-state index in [1.165, 1.54) is 11.3 Å². The Bertz CT molecular complexity index is 1500. The minimum Gasteiger partial charge on any atom is -0.492 e. The molecule has 0 bridgehead atoms. The van der Waals surface area contributed by atoms with Crippen LogP contribution in [0.25, 0.3) is 6.08 Å². The van der Waals surface area contributed by atoms with Crippen molar-refractivity contribution in [3.63, 3.8) is 0 Å². The molecule has 1 aromatic heterocycles. The summed E-state index contributed by atoms with van der Waals surface area (Å²) < 4.78 is 14.2. The van der Waals surface area contributed by atoms with Crippen molar-refractivity contribution < 1.29 is 14.3 Å². The maximum atomic E-state index is 13.7. The Labute approximate surface area is 222 Å². The number of halogens is 1. The standard InChI is InChI=1S/C28H29BrN2O4S/c1-6-34-27(33)24-18(5)30-28-31(25(24)20-10-7-17(4)8-11-20)26(32)23(36-28)14-19-9-12-22(21(29)13-19)35-15-16(2)3/h7-14,16,25H,6,15H2,1-5H3/b23-14-/t25-/m0/s1. The monoisotopic (exact) mass is 568 g/mol. The molecule has 0 amide bonds. The van der Waals surface area contributed by atoms with Crippen LogP contribution in [0.15, 0.2) is 68.0 Å². The number of carbonyl (C=O) groups is 1. The van der Waals surface area contributed by atoms with Crippen molar-refractivity contribution in [2.75, 3.05) is 13.2 Å². The molecular weight excluding hydrogens is 540 g/mol. The second-order valence-corrected chi connectivity index (χ2v) is 11.0. The fourth-order valence-corrected chi connectivity index (χ4v) is 5.54. The van der Waals surface area contributed by atoms with Crippen LogP contribution in [0.3, 0.4) is 0 Å². The fourth-order valence-electron chi connectivity index (χ4n) is 3.99. The number of benzene rings is 2. The summed E-state index contributed by atoms with van der Waals surface area (Å²) in [5, 5.41) is 0. The van der Waals surface area contributed by atoms with Gasteiger partial charge in [-0.15, -0.1) is 0 Å². The number of ether oxygens (including phenoxy) is 2. The maximum absolute atomic E-state index is 13.7. The van der Waals surface area contributed by atoms with Crippen LogP contribution in [0.2, 0.25) is 0 Å². The zero-order valence-electron chi connectivity index (χ0n) is 21.0. The molecule has 2 heterocycles. The molecular formula is C28H29BrN2O4S. The van der Waals surface area contributed by atoms with E-state index in [0.29, 0.717) is 33.1 Å². The normalized spacial score (nSPS) is 15.6. The maximum Gasteiger partial charge on any atom is 0.338 e. The summed E-state index contributed by atoms with van der Waals surface area (Å²) in [6.07, 6.45) is 1.84. The van der Waals surface area contributed by atoms with Crippen molar-refractivity contribution in [3.05, 3.63) is 94.6 Å². The third-order valence-corrected chi connectivity index (χ3v) is 7.34. The van der Waals surface area contributed by atoms with Gasteiger partial charge in [-0.1, -0.05) is 61.1 Å². The molecule has 0 saturated carbocycles. The third kappa shape index (κ3) is 5.39. The molecule has 0 unspecified atom stereocenters. The molecule has 0 N–H and O–H groups in total. The molecule has 2 aromatic carbocycles. The topological polar surface area (TPSA) is 69.9 Å². The smallest absolute Gasteiger partial charge is 0.338 e. The van der Waals surface area contributed by atoms with Crippen LogP contribution in [-0.2, 0) is 9.53 Å². The van der Waals surface area contributed by atoms with E-state index in [1.807, 2.05) is 55.5 Å². The number of carbonyl (C=O) groups excluding carboxylic acids is 1. The third-order valence-electron chi connectivity index (χ3n) is 5.74. The molecule has 3 aromatic rings. The van der Waals surface area contributed by atoms with Gasteiger partial charge in [0.15, 0.2) is 4.80 Å². The van der Waals surface area contributed by atoms with E-state index >= 15 is 0 Å². The van der Waals surface area contributed by atoms with Gasteiger partial charge in [-0.05, 0) is 72.0 Å². The highest BCUT2D eigenvalue weighted by Crippen LogP contribution is 2.31. The predicted octanol–water partition coefficient (Wildman–Crippen LogP) is 4.90. The average Bonchev–Trinajstić information content (AvgIpc) is 3.12. The van der Waals surface area contributed by atoms with E-state index in [9.17, 15) is 9.59 Å². The van der Waals surface area contributed by atoms with Gasteiger partial charge in [-0.2, -0.15) is 0 Å². The SMILES string of the molecule is CCOC(=O)C1=C(C)N=c2s/c(=C\c3ccc(OCC(C)C)c(Br)c3)c(=O)n2[C@H]1c1ccc(C)cc1. The lowest BCUT2D eigenvalue weighted by Gasteiger charge is -2.24. The zero-order chi connectivity index (χ0) is 26.0. The minimum absolute atomic E-state index is 0.199. The van der Waals surface area contributed by atoms with E-state index in [2.05, 4.69) is 34.8 Å². The molecule has 36 heavy (non-hydrogen) atoms. The van der Waals surface area contributed by atoms with Gasteiger partial charge in [0.25, 0.3) is 5.56 Å². The number of nitrogens with zero attached hydrogens (tertiary/aromatic N) is 2. The fraction of sp³-hybridized carbons (Fsp3) is 0.321. The van der Waals surface area contributed by atoms with Gasteiger partial charge in [0, 0.05) is 0 Å². The molecule has 0 fully saturated rings. The average molecular weight is 570 g/mol. The summed E-state index contributed by atoms with van der Waals surface area (Å²) in [6.45, 7) is 10.6. The molecule has 1 aliphatic heterocycles. The van der Waals surface area contributed by atoms with Crippen molar-refractivity contribution in [1.29, 1.82) is 0 Å². The second kappa shape index (κ2) is 11.0. The lowest BCUT2D eigenvalue weighted by Crippen LogP contribution is -2.39. The van der Waals surface area contributed by atoms with Crippen LogP contribution in [0.4, 0.5) is 0 Å². The Hall–Kier alpha value is -2.97. The van der Waals surface area contributed by atoms with Gasteiger partial charge in [-0.3, -0.25) is 9.36 Å². The lowest BCUT2D eigenvalue weighted by molar-refractivity contribution is -0.139. The van der Waals surface area contributed by atoms with Crippen molar-refractivity contribution in [2.45, 2.75) is 40.7 Å². The number of hydrogen-bond donors (Lipinski definition) is 0.